The molecule has 0 atom stereocenters. The number of halogens is 4. The number of carbonyl (C=O) groups is 1. The fourth-order valence-corrected chi connectivity index (χ4v) is 2.56. The largest absolute Gasteiger partial charge is 0.416 e. The van der Waals surface area contributed by atoms with Crippen LogP contribution in [0, 0.1) is 0 Å². The van der Waals surface area contributed by atoms with E-state index in [1.807, 2.05) is 0 Å². The molecule has 0 heterocycles. The van der Waals surface area contributed by atoms with Crippen LogP contribution in [0.25, 0.3) is 0 Å². The molecule has 7 heteroatoms. The predicted octanol–water partition coefficient (Wildman–Crippen LogP) is 4.82. The lowest BCUT2D eigenvalue weighted by atomic mass is 10.1. The molecule has 0 radical (unpaired) electrons. The summed E-state index contributed by atoms with van der Waals surface area (Å²) >= 11 is 5.97. The zero-order valence-corrected chi connectivity index (χ0v) is 14.4. The number of benzene rings is 2. The first kappa shape index (κ1) is 19.3. The fraction of sp³-hybridized carbons (Fsp3) is 0.278. The average molecular weight is 371 g/mol. The second-order valence-corrected chi connectivity index (χ2v) is 6.08. The zero-order chi connectivity index (χ0) is 18.4. The van der Waals surface area contributed by atoms with E-state index in [4.69, 9.17) is 11.6 Å². The Kier molecular flexibility index (Phi) is 6.45. The summed E-state index contributed by atoms with van der Waals surface area (Å²) in [4.78, 5) is 13.6. The standard InChI is InChI=1S/C18H18ClF3N2O/c1-24(12-13-6-2-3-7-14(13)18(20,21)22)11-10-17(25)23-16-9-5-4-8-15(16)19/h2-9H,10-12H2,1H3,(H,23,25). The van der Waals surface area contributed by atoms with Gasteiger partial charge in [0.25, 0.3) is 0 Å². The average Bonchev–Trinajstić information content (AvgIpc) is 2.55. The van der Waals surface area contributed by atoms with E-state index in [1.54, 1.807) is 42.3 Å². The molecule has 134 valence electrons. The number of hydrogen-bond donors (Lipinski definition) is 1. The van der Waals surface area contributed by atoms with Crippen molar-refractivity contribution in [1.29, 1.82) is 0 Å². The molecule has 2 aromatic carbocycles. The molecular formula is C18H18ClF3N2O. The van der Waals surface area contributed by atoms with Crippen molar-refractivity contribution < 1.29 is 18.0 Å². The first-order valence-corrected chi connectivity index (χ1v) is 8.03. The molecule has 0 spiro atoms. The van der Waals surface area contributed by atoms with E-state index in [-0.39, 0.29) is 24.4 Å². The first-order valence-electron chi connectivity index (χ1n) is 7.65. The van der Waals surface area contributed by atoms with E-state index in [0.29, 0.717) is 17.3 Å². The monoisotopic (exact) mass is 370 g/mol. The van der Waals surface area contributed by atoms with Gasteiger partial charge >= 0.3 is 6.18 Å². The van der Waals surface area contributed by atoms with Gasteiger partial charge in [0.15, 0.2) is 0 Å². The predicted molar refractivity (Wildman–Crippen MR) is 92.5 cm³/mol. The van der Waals surface area contributed by atoms with Gasteiger partial charge in [0.1, 0.15) is 0 Å². The van der Waals surface area contributed by atoms with Crippen LogP contribution in [0.3, 0.4) is 0 Å². The van der Waals surface area contributed by atoms with Gasteiger partial charge in [-0.05, 0) is 30.8 Å². The number of nitrogens with one attached hydrogen (secondary N) is 1. The van der Waals surface area contributed by atoms with Crippen LogP contribution in [0.1, 0.15) is 17.5 Å². The Morgan fingerprint density at radius 2 is 1.76 bits per heavy atom. The van der Waals surface area contributed by atoms with Crippen molar-refractivity contribution in [2.75, 3.05) is 18.9 Å². The quantitative estimate of drug-likeness (QED) is 0.790. The van der Waals surface area contributed by atoms with Crippen molar-refractivity contribution in [2.24, 2.45) is 0 Å². The van der Waals surface area contributed by atoms with Gasteiger partial charge in [-0.3, -0.25) is 4.79 Å². The van der Waals surface area contributed by atoms with E-state index in [0.717, 1.165) is 6.07 Å². The highest BCUT2D eigenvalue weighted by molar-refractivity contribution is 6.33. The molecule has 2 rings (SSSR count). The van der Waals surface area contributed by atoms with E-state index in [1.165, 1.54) is 12.1 Å². The van der Waals surface area contributed by atoms with Gasteiger partial charge in [0.05, 0.1) is 16.3 Å². The highest BCUT2D eigenvalue weighted by Gasteiger charge is 2.32. The van der Waals surface area contributed by atoms with Gasteiger partial charge in [0, 0.05) is 19.5 Å². The lowest BCUT2D eigenvalue weighted by Crippen LogP contribution is -2.25. The van der Waals surface area contributed by atoms with Crippen LogP contribution in [-0.4, -0.2) is 24.4 Å². The lowest BCUT2D eigenvalue weighted by molar-refractivity contribution is -0.138. The molecule has 1 amide bonds. The van der Waals surface area contributed by atoms with Crippen LogP contribution >= 0.6 is 11.6 Å². The number of anilines is 1. The number of amides is 1. The number of nitrogens with zero attached hydrogens (tertiary/aromatic N) is 1. The van der Waals surface area contributed by atoms with Crippen LogP contribution < -0.4 is 5.32 Å². The fourth-order valence-electron chi connectivity index (χ4n) is 2.37. The van der Waals surface area contributed by atoms with Crippen molar-refractivity contribution in [1.82, 2.24) is 4.90 Å². The Morgan fingerprint density at radius 3 is 2.44 bits per heavy atom. The molecule has 0 aromatic heterocycles. The topological polar surface area (TPSA) is 32.3 Å². The number of hydrogen-bond acceptors (Lipinski definition) is 2. The second-order valence-electron chi connectivity index (χ2n) is 5.67. The van der Waals surface area contributed by atoms with Crippen molar-refractivity contribution in [2.45, 2.75) is 19.1 Å². The van der Waals surface area contributed by atoms with Gasteiger partial charge in [-0.25, -0.2) is 0 Å². The maximum atomic E-state index is 13.0. The summed E-state index contributed by atoms with van der Waals surface area (Å²) in [6, 6.07) is 12.3. The smallest absolute Gasteiger partial charge is 0.325 e. The van der Waals surface area contributed by atoms with E-state index in [2.05, 4.69) is 5.32 Å². The minimum atomic E-state index is -4.39. The highest BCUT2D eigenvalue weighted by Crippen LogP contribution is 2.32. The number of alkyl halides is 3. The summed E-state index contributed by atoms with van der Waals surface area (Å²) in [5.74, 6) is -0.246. The van der Waals surface area contributed by atoms with Gasteiger partial charge < -0.3 is 10.2 Å². The van der Waals surface area contributed by atoms with Crippen LogP contribution in [0.2, 0.25) is 5.02 Å². The van der Waals surface area contributed by atoms with Crippen LogP contribution in [-0.2, 0) is 17.5 Å². The van der Waals surface area contributed by atoms with Gasteiger partial charge in [-0.15, -0.1) is 0 Å². The number of para-hydroxylation sites is 1. The Hall–Kier alpha value is -2.05. The van der Waals surface area contributed by atoms with E-state index in [9.17, 15) is 18.0 Å². The lowest BCUT2D eigenvalue weighted by Gasteiger charge is -2.19. The molecule has 3 nitrogen and oxygen atoms in total. The molecule has 0 saturated carbocycles. The molecule has 0 aliphatic rings. The Balaban J connectivity index is 1.90. The molecule has 0 unspecified atom stereocenters. The van der Waals surface area contributed by atoms with E-state index < -0.39 is 11.7 Å². The third kappa shape index (κ3) is 5.76. The summed E-state index contributed by atoms with van der Waals surface area (Å²) in [5.41, 5.74) is 0.0469. The van der Waals surface area contributed by atoms with Crippen LogP contribution in [0.5, 0.6) is 0 Å². The van der Waals surface area contributed by atoms with Gasteiger partial charge in [-0.1, -0.05) is 41.9 Å². The number of rotatable bonds is 6. The van der Waals surface area contributed by atoms with Crippen LogP contribution in [0.4, 0.5) is 18.9 Å². The molecule has 2 aromatic rings. The van der Waals surface area contributed by atoms with Crippen molar-refractivity contribution in [3.63, 3.8) is 0 Å². The number of carbonyl (C=O) groups excluding carboxylic acids is 1. The normalized spacial score (nSPS) is 11.6. The van der Waals surface area contributed by atoms with Crippen molar-refractivity contribution in [3.05, 3.63) is 64.7 Å². The van der Waals surface area contributed by atoms with Crippen molar-refractivity contribution in [3.8, 4) is 0 Å². The third-order valence-electron chi connectivity index (χ3n) is 3.63. The Labute approximate surface area is 149 Å². The molecule has 0 aliphatic heterocycles. The van der Waals surface area contributed by atoms with Crippen LogP contribution in [0.15, 0.2) is 48.5 Å². The summed E-state index contributed by atoms with van der Waals surface area (Å²) in [6.45, 7) is 0.428. The second kappa shape index (κ2) is 8.36. The maximum absolute atomic E-state index is 13.0. The molecule has 25 heavy (non-hydrogen) atoms. The molecule has 0 bridgehead atoms. The first-order chi connectivity index (χ1) is 11.8. The highest BCUT2D eigenvalue weighted by atomic mass is 35.5. The molecule has 1 N–H and O–H groups in total. The minimum absolute atomic E-state index is 0.106. The molecular weight excluding hydrogens is 353 g/mol. The Bertz CT molecular complexity index is 734. The zero-order valence-electron chi connectivity index (χ0n) is 13.6. The maximum Gasteiger partial charge on any atom is 0.416 e. The summed E-state index contributed by atoms with van der Waals surface area (Å²) in [5, 5.41) is 3.12. The van der Waals surface area contributed by atoms with Gasteiger partial charge in [-0.2, -0.15) is 13.2 Å². The van der Waals surface area contributed by atoms with E-state index >= 15 is 0 Å². The summed E-state index contributed by atoms with van der Waals surface area (Å²) in [7, 11) is 1.68. The minimum Gasteiger partial charge on any atom is -0.325 e. The molecule has 0 aliphatic carbocycles. The third-order valence-corrected chi connectivity index (χ3v) is 3.96. The summed E-state index contributed by atoms with van der Waals surface area (Å²) < 4.78 is 39.0. The Morgan fingerprint density at radius 1 is 1.12 bits per heavy atom. The van der Waals surface area contributed by atoms with Gasteiger partial charge in [0.2, 0.25) is 5.91 Å². The SMILES string of the molecule is CN(CCC(=O)Nc1ccccc1Cl)Cc1ccccc1C(F)(F)F. The van der Waals surface area contributed by atoms with Crippen molar-refractivity contribution >= 4 is 23.2 Å². The molecule has 0 fully saturated rings. The molecule has 0 saturated heterocycles. The summed E-state index contributed by atoms with van der Waals surface area (Å²) in [6.07, 6.45) is -4.24.